The fourth-order valence-electron chi connectivity index (χ4n) is 3.62. The molecule has 31 heavy (non-hydrogen) atoms. The van der Waals surface area contributed by atoms with Crippen LogP contribution in [0.1, 0.15) is 12.0 Å². The molecule has 0 atom stereocenters. The van der Waals surface area contributed by atoms with Gasteiger partial charge in [0.1, 0.15) is 0 Å². The van der Waals surface area contributed by atoms with Gasteiger partial charge >= 0.3 is 0 Å². The largest absolute Gasteiger partial charge is 0.379 e. The number of aliphatic imine (C=N–C) groups is 1. The smallest absolute Gasteiger partial charge is 0.243 e. The van der Waals surface area contributed by atoms with Crippen LogP contribution in [0.5, 0.6) is 0 Å². The number of morpholine rings is 1. The van der Waals surface area contributed by atoms with E-state index in [0.717, 1.165) is 58.9 Å². The Morgan fingerprint density at radius 3 is 2.52 bits per heavy atom. The molecule has 0 amide bonds. The molecule has 0 unspecified atom stereocenters. The maximum atomic E-state index is 13.1. The molecule has 11 heteroatoms. The number of likely N-dealkylation sites (N-methyl/N-ethyl adjacent to an activating group) is 1. The van der Waals surface area contributed by atoms with Crippen LogP contribution in [0.2, 0.25) is 0 Å². The number of piperazine rings is 1. The van der Waals surface area contributed by atoms with Gasteiger partial charge in [-0.3, -0.25) is 4.90 Å². The van der Waals surface area contributed by atoms with Gasteiger partial charge in [0, 0.05) is 45.8 Å². The van der Waals surface area contributed by atoms with Crippen LogP contribution in [0.15, 0.2) is 34.2 Å². The zero-order chi connectivity index (χ0) is 21.4. The van der Waals surface area contributed by atoms with Crippen LogP contribution in [-0.2, 0) is 21.3 Å². The molecule has 0 saturated carbocycles. The van der Waals surface area contributed by atoms with Crippen molar-refractivity contribution in [1.29, 1.82) is 0 Å². The molecule has 176 valence electrons. The summed E-state index contributed by atoms with van der Waals surface area (Å²) >= 11 is 0. The fraction of sp³-hybridized carbons (Fsp3) is 0.650. The molecule has 2 saturated heterocycles. The molecule has 0 spiro atoms. The molecule has 3 N–H and O–H groups in total. The molecule has 0 radical (unpaired) electrons. The highest BCUT2D eigenvalue weighted by atomic mass is 127. The Morgan fingerprint density at radius 1 is 1.13 bits per heavy atom. The normalized spacial score (nSPS) is 19.7. The number of hydrogen-bond donors (Lipinski definition) is 2. The first-order valence-electron chi connectivity index (χ1n) is 10.6. The highest BCUT2D eigenvalue weighted by Gasteiger charge is 2.29. The Bertz CT molecular complexity index is 809. The molecule has 1 aromatic rings. The maximum absolute atomic E-state index is 13.1. The Kier molecular flexibility index (Phi) is 10.9. The van der Waals surface area contributed by atoms with Crippen LogP contribution in [0.3, 0.4) is 0 Å². The summed E-state index contributed by atoms with van der Waals surface area (Å²) in [4.78, 5) is 9.19. The van der Waals surface area contributed by atoms with Crippen LogP contribution in [-0.4, -0.2) is 101 Å². The van der Waals surface area contributed by atoms with Crippen LogP contribution in [0.4, 0.5) is 0 Å². The van der Waals surface area contributed by atoms with Gasteiger partial charge in [0.2, 0.25) is 10.0 Å². The lowest BCUT2D eigenvalue weighted by atomic mass is 10.2. The van der Waals surface area contributed by atoms with Crippen LogP contribution in [0.25, 0.3) is 0 Å². The maximum Gasteiger partial charge on any atom is 0.243 e. The Morgan fingerprint density at radius 2 is 1.81 bits per heavy atom. The van der Waals surface area contributed by atoms with E-state index in [1.165, 1.54) is 0 Å². The predicted octanol–water partition coefficient (Wildman–Crippen LogP) is 0.367. The average molecular weight is 567 g/mol. The molecule has 2 aliphatic heterocycles. The summed E-state index contributed by atoms with van der Waals surface area (Å²) in [5, 5.41) is 3.12. The highest BCUT2D eigenvalue weighted by Crippen LogP contribution is 2.22. The lowest BCUT2D eigenvalue weighted by Crippen LogP contribution is -2.47. The topological polar surface area (TPSA) is 104 Å². The second-order valence-corrected chi connectivity index (χ2v) is 9.66. The summed E-state index contributed by atoms with van der Waals surface area (Å²) < 4.78 is 33.1. The first kappa shape index (κ1) is 26.3. The number of guanidine groups is 1. The van der Waals surface area contributed by atoms with Gasteiger partial charge in [-0.05, 0) is 31.6 Å². The van der Waals surface area contributed by atoms with Gasteiger partial charge in [0.25, 0.3) is 0 Å². The minimum Gasteiger partial charge on any atom is -0.379 e. The van der Waals surface area contributed by atoms with E-state index in [2.05, 4.69) is 20.1 Å². The number of benzene rings is 1. The minimum absolute atomic E-state index is 0. The molecule has 0 aliphatic carbocycles. The lowest BCUT2D eigenvalue weighted by molar-refractivity contribution is 0.0376. The SMILES string of the molecule is CN1CCN(S(=O)(=O)c2ccccc2CN=C(N)NCCCN2CCOCC2)CC1.I. The minimum atomic E-state index is -3.54. The van der Waals surface area contributed by atoms with E-state index in [1.807, 2.05) is 13.1 Å². The monoisotopic (exact) mass is 566 g/mol. The number of rotatable bonds is 8. The second-order valence-electron chi connectivity index (χ2n) is 7.75. The molecule has 0 aromatic heterocycles. The molecule has 0 bridgehead atoms. The third-order valence-electron chi connectivity index (χ3n) is 5.53. The van der Waals surface area contributed by atoms with E-state index < -0.39 is 10.0 Å². The lowest BCUT2D eigenvalue weighted by Gasteiger charge is -2.32. The number of nitrogens with one attached hydrogen (secondary N) is 1. The van der Waals surface area contributed by atoms with Crippen LogP contribution < -0.4 is 11.1 Å². The first-order valence-corrected chi connectivity index (χ1v) is 12.0. The van der Waals surface area contributed by atoms with Crippen molar-refractivity contribution in [3.05, 3.63) is 29.8 Å². The molecular weight excluding hydrogens is 531 g/mol. The molecule has 3 rings (SSSR count). The van der Waals surface area contributed by atoms with Gasteiger partial charge in [-0.2, -0.15) is 4.31 Å². The summed E-state index contributed by atoms with van der Waals surface area (Å²) in [5.74, 6) is 0.337. The number of sulfonamides is 1. The van der Waals surface area contributed by atoms with Gasteiger partial charge < -0.3 is 20.7 Å². The van der Waals surface area contributed by atoms with E-state index in [-0.39, 0.29) is 30.5 Å². The molecule has 2 heterocycles. The number of nitrogens with two attached hydrogens (primary N) is 1. The van der Waals surface area contributed by atoms with Crippen molar-refractivity contribution in [2.75, 3.05) is 72.6 Å². The average Bonchev–Trinajstić information content (AvgIpc) is 2.76. The number of hydrogen-bond acceptors (Lipinski definition) is 6. The summed E-state index contributed by atoms with van der Waals surface area (Å²) in [6.07, 6.45) is 0.963. The molecular formula is C20H35IN6O3S. The summed E-state index contributed by atoms with van der Waals surface area (Å²) in [6.45, 7) is 7.98. The van der Waals surface area contributed by atoms with Crippen molar-refractivity contribution in [1.82, 2.24) is 19.4 Å². The Hall–Kier alpha value is -0.990. The van der Waals surface area contributed by atoms with Crippen molar-refractivity contribution in [3.63, 3.8) is 0 Å². The van der Waals surface area contributed by atoms with E-state index in [4.69, 9.17) is 10.5 Å². The highest BCUT2D eigenvalue weighted by molar-refractivity contribution is 14.0. The third-order valence-corrected chi connectivity index (χ3v) is 7.53. The predicted molar refractivity (Wildman–Crippen MR) is 133 cm³/mol. The zero-order valence-electron chi connectivity index (χ0n) is 18.2. The third kappa shape index (κ3) is 7.82. The fourth-order valence-corrected chi connectivity index (χ4v) is 5.26. The van der Waals surface area contributed by atoms with Gasteiger partial charge in [-0.1, -0.05) is 18.2 Å². The van der Waals surface area contributed by atoms with Crippen LogP contribution >= 0.6 is 24.0 Å². The standard InChI is InChI=1S/C20H34N6O3S.HI/c1-24-9-11-26(12-10-24)30(27,28)19-6-3-2-5-18(19)17-23-20(21)22-7-4-8-25-13-15-29-16-14-25;/h2-3,5-6H,4,7-17H2,1H3,(H3,21,22,23);1H. The Balaban J connectivity index is 0.00000341. The van der Waals surface area contributed by atoms with E-state index >= 15 is 0 Å². The van der Waals surface area contributed by atoms with E-state index in [1.54, 1.807) is 22.5 Å². The van der Waals surface area contributed by atoms with E-state index in [9.17, 15) is 8.42 Å². The summed E-state index contributed by atoms with van der Waals surface area (Å²) in [5.41, 5.74) is 6.66. The second kappa shape index (κ2) is 12.9. The zero-order valence-corrected chi connectivity index (χ0v) is 21.3. The molecule has 2 fully saturated rings. The van der Waals surface area contributed by atoms with Crippen molar-refractivity contribution < 1.29 is 13.2 Å². The quantitative estimate of drug-likeness (QED) is 0.203. The van der Waals surface area contributed by atoms with E-state index in [0.29, 0.717) is 29.5 Å². The summed E-state index contributed by atoms with van der Waals surface area (Å²) in [7, 11) is -1.53. The van der Waals surface area contributed by atoms with Crippen molar-refractivity contribution in [2.45, 2.75) is 17.9 Å². The van der Waals surface area contributed by atoms with Crippen LogP contribution in [0, 0.1) is 0 Å². The number of nitrogens with zero attached hydrogens (tertiary/aromatic N) is 4. The summed E-state index contributed by atoms with van der Waals surface area (Å²) in [6, 6.07) is 7.05. The first-order chi connectivity index (χ1) is 14.5. The van der Waals surface area contributed by atoms with Gasteiger partial charge in [0.15, 0.2) is 5.96 Å². The van der Waals surface area contributed by atoms with Gasteiger partial charge in [-0.25, -0.2) is 13.4 Å². The van der Waals surface area contributed by atoms with Gasteiger partial charge in [0.05, 0.1) is 24.7 Å². The van der Waals surface area contributed by atoms with Crippen molar-refractivity contribution in [2.24, 2.45) is 10.7 Å². The Labute approximate surface area is 203 Å². The molecule has 9 nitrogen and oxygen atoms in total. The van der Waals surface area contributed by atoms with Crippen molar-refractivity contribution in [3.8, 4) is 0 Å². The van der Waals surface area contributed by atoms with Gasteiger partial charge in [-0.15, -0.1) is 24.0 Å². The number of ether oxygens (including phenoxy) is 1. The number of halogens is 1. The van der Waals surface area contributed by atoms with Crippen molar-refractivity contribution >= 4 is 40.0 Å². The molecule has 1 aromatic carbocycles. The molecule has 2 aliphatic rings.